The number of hydrogen-bond acceptors (Lipinski definition) is 7. The predicted octanol–water partition coefficient (Wildman–Crippen LogP) is -0.566. The summed E-state index contributed by atoms with van der Waals surface area (Å²) in [6.45, 7) is -0.0230. The highest BCUT2D eigenvalue weighted by molar-refractivity contribution is 5.75. The third-order valence-corrected chi connectivity index (χ3v) is 2.08. The van der Waals surface area contributed by atoms with Gasteiger partial charge in [-0.05, 0) is 10.4 Å². The van der Waals surface area contributed by atoms with Crippen molar-refractivity contribution in [3.63, 3.8) is 0 Å². The highest BCUT2D eigenvalue weighted by Gasteiger charge is 2.38. The van der Waals surface area contributed by atoms with E-state index in [-0.39, 0.29) is 25.3 Å². The number of amides is 1. The van der Waals surface area contributed by atoms with Crippen LogP contribution >= 0.6 is 0 Å². The topological polar surface area (TPSA) is 112 Å². The first-order valence-corrected chi connectivity index (χ1v) is 5.32. The lowest BCUT2D eigenvalue weighted by Crippen LogP contribution is -2.29. The van der Waals surface area contributed by atoms with Crippen LogP contribution in [0.2, 0.25) is 0 Å². The SMILES string of the molecule is O=C(Cn1cnnn1)NCCc1noc(C(F)(F)F)n1. The highest BCUT2D eigenvalue weighted by Crippen LogP contribution is 2.27. The van der Waals surface area contributed by atoms with Gasteiger partial charge >= 0.3 is 12.1 Å². The molecule has 0 saturated carbocycles. The van der Waals surface area contributed by atoms with Crippen molar-refractivity contribution in [2.75, 3.05) is 6.54 Å². The second-order valence-corrected chi connectivity index (χ2v) is 3.62. The quantitative estimate of drug-likeness (QED) is 0.785. The van der Waals surface area contributed by atoms with E-state index in [0.717, 1.165) is 0 Å². The molecule has 1 N–H and O–H groups in total. The summed E-state index contributed by atoms with van der Waals surface area (Å²) in [5, 5.41) is 15.8. The average molecular weight is 291 g/mol. The Kier molecular flexibility index (Phi) is 3.91. The van der Waals surface area contributed by atoms with Crippen molar-refractivity contribution >= 4 is 5.91 Å². The van der Waals surface area contributed by atoms with Gasteiger partial charge in [0.2, 0.25) is 5.91 Å². The van der Waals surface area contributed by atoms with Gasteiger partial charge in [-0.15, -0.1) is 5.10 Å². The van der Waals surface area contributed by atoms with E-state index in [2.05, 4.69) is 35.5 Å². The maximum Gasteiger partial charge on any atom is 0.471 e. The molecule has 0 aromatic carbocycles. The Morgan fingerprint density at radius 3 is 2.85 bits per heavy atom. The maximum atomic E-state index is 12.2. The number of aromatic nitrogens is 6. The zero-order valence-corrected chi connectivity index (χ0v) is 9.83. The number of hydrogen-bond donors (Lipinski definition) is 1. The van der Waals surface area contributed by atoms with Gasteiger partial charge in [-0.25, -0.2) is 4.68 Å². The predicted molar refractivity (Wildman–Crippen MR) is 53.8 cm³/mol. The molecule has 0 radical (unpaired) electrons. The fourth-order valence-corrected chi connectivity index (χ4v) is 1.24. The molecule has 0 aliphatic heterocycles. The van der Waals surface area contributed by atoms with Gasteiger partial charge in [0.15, 0.2) is 5.82 Å². The Balaban J connectivity index is 1.75. The van der Waals surface area contributed by atoms with E-state index >= 15 is 0 Å². The molecular formula is C8H8F3N7O2. The lowest BCUT2D eigenvalue weighted by atomic mass is 10.4. The molecule has 0 aliphatic carbocycles. The lowest BCUT2D eigenvalue weighted by Gasteiger charge is -2.02. The standard InChI is InChI=1S/C8H8F3N7O2/c9-8(10,11)7-14-5(15-20-7)1-2-12-6(19)3-18-4-13-16-17-18/h4H,1-3H2,(H,12,19). The third-order valence-electron chi connectivity index (χ3n) is 2.08. The van der Waals surface area contributed by atoms with Gasteiger partial charge in [0, 0.05) is 13.0 Å². The summed E-state index contributed by atoms with van der Waals surface area (Å²) >= 11 is 0. The van der Waals surface area contributed by atoms with E-state index in [9.17, 15) is 18.0 Å². The Bertz CT molecular complexity index is 565. The average Bonchev–Trinajstić information content (AvgIpc) is 2.98. The van der Waals surface area contributed by atoms with Crippen LogP contribution in [0, 0.1) is 0 Å². The van der Waals surface area contributed by atoms with Crippen molar-refractivity contribution in [2.45, 2.75) is 19.1 Å². The van der Waals surface area contributed by atoms with Gasteiger partial charge in [-0.2, -0.15) is 18.2 Å². The Morgan fingerprint density at radius 1 is 1.45 bits per heavy atom. The van der Waals surface area contributed by atoms with Gasteiger partial charge in [0.25, 0.3) is 0 Å². The first-order chi connectivity index (χ1) is 9.45. The van der Waals surface area contributed by atoms with Crippen LogP contribution in [0.1, 0.15) is 11.7 Å². The van der Waals surface area contributed by atoms with Crippen LogP contribution in [0.3, 0.4) is 0 Å². The summed E-state index contributed by atoms with van der Waals surface area (Å²) in [4.78, 5) is 14.6. The molecule has 108 valence electrons. The molecule has 2 rings (SSSR count). The molecule has 2 aromatic heterocycles. The van der Waals surface area contributed by atoms with Crippen LogP contribution in [-0.4, -0.2) is 42.8 Å². The van der Waals surface area contributed by atoms with Crippen LogP contribution < -0.4 is 5.32 Å². The first-order valence-electron chi connectivity index (χ1n) is 5.32. The monoisotopic (exact) mass is 291 g/mol. The summed E-state index contributed by atoms with van der Waals surface area (Å²) in [7, 11) is 0. The molecule has 2 heterocycles. The number of rotatable bonds is 5. The minimum Gasteiger partial charge on any atom is -0.354 e. The molecule has 0 fully saturated rings. The second kappa shape index (κ2) is 5.63. The third kappa shape index (κ3) is 3.73. The van der Waals surface area contributed by atoms with Crippen molar-refractivity contribution in [1.29, 1.82) is 0 Å². The van der Waals surface area contributed by atoms with Gasteiger partial charge in [0.05, 0.1) is 0 Å². The Morgan fingerprint density at radius 2 is 2.25 bits per heavy atom. The largest absolute Gasteiger partial charge is 0.471 e. The van der Waals surface area contributed by atoms with Crippen molar-refractivity contribution in [2.24, 2.45) is 0 Å². The molecule has 20 heavy (non-hydrogen) atoms. The van der Waals surface area contributed by atoms with Crippen LogP contribution in [-0.2, 0) is 23.9 Å². The van der Waals surface area contributed by atoms with Crippen LogP contribution in [0.4, 0.5) is 13.2 Å². The molecule has 2 aromatic rings. The maximum absolute atomic E-state index is 12.2. The Labute approximate surface area is 109 Å². The number of alkyl halides is 3. The van der Waals surface area contributed by atoms with Gasteiger partial charge < -0.3 is 9.84 Å². The van der Waals surface area contributed by atoms with Crippen LogP contribution in [0.15, 0.2) is 10.9 Å². The van der Waals surface area contributed by atoms with E-state index < -0.39 is 18.0 Å². The van der Waals surface area contributed by atoms with E-state index in [1.54, 1.807) is 0 Å². The van der Waals surface area contributed by atoms with Crippen LogP contribution in [0.5, 0.6) is 0 Å². The van der Waals surface area contributed by atoms with Crippen LogP contribution in [0.25, 0.3) is 0 Å². The normalized spacial score (nSPS) is 11.6. The van der Waals surface area contributed by atoms with Gasteiger partial charge in [-0.3, -0.25) is 4.79 Å². The molecule has 0 saturated heterocycles. The smallest absolute Gasteiger partial charge is 0.354 e. The number of tetrazole rings is 1. The Hall–Kier alpha value is -2.53. The fourth-order valence-electron chi connectivity index (χ4n) is 1.24. The number of halogens is 3. The molecule has 12 heteroatoms. The van der Waals surface area contributed by atoms with Gasteiger partial charge in [0.1, 0.15) is 12.9 Å². The van der Waals surface area contributed by atoms with Crippen molar-refractivity contribution < 1.29 is 22.5 Å². The molecule has 0 aliphatic rings. The summed E-state index contributed by atoms with van der Waals surface area (Å²) < 4.78 is 41.8. The van der Waals surface area contributed by atoms with Gasteiger partial charge in [-0.1, -0.05) is 5.16 Å². The summed E-state index contributed by atoms with van der Waals surface area (Å²) in [5.41, 5.74) is 0. The lowest BCUT2D eigenvalue weighted by molar-refractivity contribution is -0.159. The van der Waals surface area contributed by atoms with Crippen molar-refractivity contribution in [1.82, 2.24) is 35.7 Å². The molecule has 0 unspecified atom stereocenters. The van der Waals surface area contributed by atoms with Crippen molar-refractivity contribution in [3.05, 3.63) is 18.0 Å². The molecule has 0 atom stereocenters. The molecule has 9 nitrogen and oxygen atoms in total. The fraction of sp³-hybridized carbons (Fsp3) is 0.500. The summed E-state index contributed by atoms with van der Waals surface area (Å²) in [6.07, 6.45) is -3.40. The molecule has 0 spiro atoms. The second-order valence-electron chi connectivity index (χ2n) is 3.62. The zero-order valence-electron chi connectivity index (χ0n) is 9.83. The van der Waals surface area contributed by atoms with E-state index in [1.165, 1.54) is 11.0 Å². The molecule has 0 bridgehead atoms. The van der Waals surface area contributed by atoms with E-state index in [4.69, 9.17) is 0 Å². The molecule has 1 amide bonds. The minimum atomic E-state index is -4.67. The molecular weight excluding hydrogens is 283 g/mol. The van der Waals surface area contributed by atoms with E-state index in [1.807, 2.05) is 0 Å². The number of nitrogens with zero attached hydrogens (tertiary/aromatic N) is 6. The number of carbonyl (C=O) groups is 1. The number of carbonyl (C=O) groups excluding carboxylic acids is 1. The highest BCUT2D eigenvalue weighted by atomic mass is 19.4. The number of nitrogens with one attached hydrogen (secondary N) is 1. The summed E-state index contributed by atoms with van der Waals surface area (Å²) in [6, 6.07) is 0. The first kappa shape index (κ1) is 13.9. The zero-order chi connectivity index (χ0) is 14.6. The van der Waals surface area contributed by atoms with E-state index in [0.29, 0.717) is 0 Å². The summed E-state index contributed by atoms with van der Waals surface area (Å²) in [5.74, 6) is -1.94. The van der Waals surface area contributed by atoms with Crippen molar-refractivity contribution in [3.8, 4) is 0 Å². The minimum absolute atomic E-state index is 0.0148.